The number of anilines is 1. The third kappa shape index (κ3) is 4.96. The fourth-order valence-corrected chi connectivity index (χ4v) is 5.42. The molecule has 0 unspecified atom stereocenters. The highest BCUT2D eigenvalue weighted by Crippen LogP contribution is 2.26. The lowest BCUT2D eigenvalue weighted by atomic mass is 9.89. The third-order valence-electron chi connectivity index (χ3n) is 6.37. The van der Waals surface area contributed by atoms with Gasteiger partial charge in [-0.05, 0) is 86.6 Å². The zero-order chi connectivity index (χ0) is 23.6. The first-order valence-electron chi connectivity index (χ1n) is 11.3. The van der Waals surface area contributed by atoms with Gasteiger partial charge in [0, 0.05) is 12.6 Å². The van der Waals surface area contributed by atoms with Crippen LogP contribution in [0.4, 0.5) is 5.69 Å². The molecule has 1 N–H and O–H groups in total. The van der Waals surface area contributed by atoms with Gasteiger partial charge in [0.15, 0.2) is 0 Å². The number of aryl methyl sites for hydroxylation is 3. The van der Waals surface area contributed by atoms with E-state index in [1.54, 1.807) is 48.5 Å². The lowest BCUT2D eigenvalue weighted by molar-refractivity contribution is 0.0940. The van der Waals surface area contributed by atoms with Crippen molar-refractivity contribution in [1.82, 2.24) is 5.32 Å². The SMILES string of the molecule is Cc1ccc(S(=O)(=O)N(C)c2cccc(C(=O)N[C@H](C)c3ccc4c(c3)CCCC4)c2)cc1. The summed E-state index contributed by atoms with van der Waals surface area (Å²) in [7, 11) is -2.22. The van der Waals surface area contributed by atoms with E-state index in [0.717, 1.165) is 24.0 Å². The Labute approximate surface area is 196 Å². The molecule has 1 aliphatic carbocycles. The first-order valence-corrected chi connectivity index (χ1v) is 12.8. The van der Waals surface area contributed by atoms with E-state index in [2.05, 4.69) is 23.5 Å². The molecule has 1 aliphatic rings. The summed E-state index contributed by atoms with van der Waals surface area (Å²) < 4.78 is 27.3. The van der Waals surface area contributed by atoms with Crippen molar-refractivity contribution in [1.29, 1.82) is 0 Å². The van der Waals surface area contributed by atoms with Crippen LogP contribution in [-0.4, -0.2) is 21.4 Å². The van der Waals surface area contributed by atoms with E-state index in [9.17, 15) is 13.2 Å². The number of nitrogens with one attached hydrogen (secondary N) is 1. The minimum atomic E-state index is -3.72. The van der Waals surface area contributed by atoms with Gasteiger partial charge in [-0.1, -0.05) is 42.0 Å². The van der Waals surface area contributed by atoms with Crippen molar-refractivity contribution in [2.45, 2.75) is 50.5 Å². The Hall–Kier alpha value is -3.12. The molecular weight excluding hydrogens is 432 g/mol. The van der Waals surface area contributed by atoms with Crippen molar-refractivity contribution in [2.24, 2.45) is 0 Å². The van der Waals surface area contributed by atoms with Crippen LogP contribution in [0.1, 0.15) is 58.4 Å². The maximum Gasteiger partial charge on any atom is 0.264 e. The number of fused-ring (bicyclic) bond motifs is 1. The minimum Gasteiger partial charge on any atom is -0.346 e. The average Bonchev–Trinajstić information content (AvgIpc) is 2.83. The second kappa shape index (κ2) is 9.40. The molecule has 0 fully saturated rings. The van der Waals surface area contributed by atoms with Gasteiger partial charge < -0.3 is 5.32 Å². The maximum absolute atomic E-state index is 13.0. The normalized spacial score (nSPS) is 14.3. The van der Waals surface area contributed by atoms with E-state index < -0.39 is 10.0 Å². The summed E-state index contributed by atoms with van der Waals surface area (Å²) in [6.45, 7) is 3.88. The number of hydrogen-bond donors (Lipinski definition) is 1. The molecule has 0 saturated heterocycles. The molecule has 0 radical (unpaired) electrons. The smallest absolute Gasteiger partial charge is 0.264 e. The van der Waals surface area contributed by atoms with Crippen LogP contribution in [0.5, 0.6) is 0 Å². The highest BCUT2D eigenvalue weighted by molar-refractivity contribution is 7.92. The third-order valence-corrected chi connectivity index (χ3v) is 8.17. The van der Waals surface area contributed by atoms with E-state index in [1.165, 1.54) is 35.3 Å². The summed E-state index contributed by atoms with van der Waals surface area (Å²) >= 11 is 0. The molecule has 1 amide bonds. The first-order chi connectivity index (χ1) is 15.8. The quantitative estimate of drug-likeness (QED) is 0.548. The summed E-state index contributed by atoms with van der Waals surface area (Å²) in [5.41, 5.74) is 5.72. The van der Waals surface area contributed by atoms with E-state index in [1.807, 2.05) is 13.8 Å². The van der Waals surface area contributed by atoms with Crippen molar-refractivity contribution < 1.29 is 13.2 Å². The molecule has 172 valence electrons. The fourth-order valence-electron chi connectivity index (χ4n) is 4.24. The molecule has 33 heavy (non-hydrogen) atoms. The molecular formula is C27H30N2O3S. The minimum absolute atomic E-state index is 0.151. The molecule has 1 atom stereocenters. The van der Waals surface area contributed by atoms with Crippen LogP contribution in [0.15, 0.2) is 71.6 Å². The Morgan fingerprint density at radius 2 is 1.64 bits per heavy atom. The molecule has 0 heterocycles. The zero-order valence-electron chi connectivity index (χ0n) is 19.3. The Morgan fingerprint density at radius 1 is 0.939 bits per heavy atom. The molecule has 3 aromatic carbocycles. The van der Waals surface area contributed by atoms with Crippen molar-refractivity contribution in [2.75, 3.05) is 11.4 Å². The Bertz CT molecular complexity index is 1270. The Morgan fingerprint density at radius 3 is 2.36 bits per heavy atom. The molecule has 3 aromatic rings. The zero-order valence-corrected chi connectivity index (χ0v) is 20.2. The summed E-state index contributed by atoms with van der Waals surface area (Å²) in [5, 5.41) is 3.06. The molecule has 0 aliphatic heterocycles. The predicted molar refractivity (Wildman–Crippen MR) is 132 cm³/mol. The van der Waals surface area contributed by atoms with Gasteiger partial charge in [-0.2, -0.15) is 0 Å². The van der Waals surface area contributed by atoms with E-state index in [4.69, 9.17) is 0 Å². The van der Waals surface area contributed by atoms with E-state index in [-0.39, 0.29) is 16.8 Å². The second-order valence-electron chi connectivity index (χ2n) is 8.77. The van der Waals surface area contributed by atoms with Crippen LogP contribution in [0.2, 0.25) is 0 Å². The highest BCUT2D eigenvalue weighted by atomic mass is 32.2. The van der Waals surface area contributed by atoms with Crippen molar-refractivity contribution in [3.8, 4) is 0 Å². The molecule has 5 nitrogen and oxygen atoms in total. The maximum atomic E-state index is 13.0. The second-order valence-corrected chi connectivity index (χ2v) is 10.7. The van der Waals surface area contributed by atoms with Gasteiger partial charge >= 0.3 is 0 Å². The van der Waals surface area contributed by atoms with Crippen molar-refractivity contribution in [3.05, 3.63) is 94.5 Å². The van der Waals surface area contributed by atoms with Gasteiger partial charge in [0.05, 0.1) is 16.6 Å². The van der Waals surface area contributed by atoms with Crippen LogP contribution < -0.4 is 9.62 Å². The van der Waals surface area contributed by atoms with Gasteiger partial charge in [0.25, 0.3) is 15.9 Å². The molecule has 4 rings (SSSR count). The number of hydrogen-bond acceptors (Lipinski definition) is 3. The molecule has 0 aromatic heterocycles. The predicted octanol–water partition coefficient (Wildman–Crippen LogP) is 5.19. The molecule has 6 heteroatoms. The average molecular weight is 463 g/mol. The number of benzene rings is 3. The van der Waals surface area contributed by atoms with E-state index in [0.29, 0.717) is 11.3 Å². The number of amides is 1. The summed E-state index contributed by atoms with van der Waals surface area (Å²) in [5.74, 6) is -0.233. The van der Waals surface area contributed by atoms with Crippen LogP contribution in [0, 0.1) is 6.92 Å². The number of nitrogens with zero attached hydrogens (tertiary/aromatic N) is 1. The summed E-state index contributed by atoms with van der Waals surface area (Å²) in [4.78, 5) is 13.2. The van der Waals surface area contributed by atoms with Crippen molar-refractivity contribution in [3.63, 3.8) is 0 Å². The standard InChI is InChI=1S/C27H30N2O3S/c1-19-11-15-26(16-12-19)33(31,32)29(3)25-10-6-9-24(18-25)27(30)28-20(2)22-14-13-21-7-4-5-8-23(21)17-22/h6,9-18,20H,4-5,7-8H2,1-3H3,(H,28,30)/t20-/m1/s1. The van der Waals surface area contributed by atoms with Crippen LogP contribution >= 0.6 is 0 Å². The first kappa shape index (κ1) is 23.1. The summed E-state index contributed by atoms with van der Waals surface area (Å²) in [6.07, 6.45) is 4.67. The van der Waals surface area contributed by atoms with Gasteiger partial charge in [0.2, 0.25) is 0 Å². The number of carbonyl (C=O) groups excluding carboxylic acids is 1. The highest BCUT2D eigenvalue weighted by Gasteiger charge is 2.22. The van der Waals surface area contributed by atoms with Gasteiger partial charge in [-0.15, -0.1) is 0 Å². The monoisotopic (exact) mass is 462 g/mol. The van der Waals surface area contributed by atoms with Crippen LogP contribution in [0.3, 0.4) is 0 Å². The van der Waals surface area contributed by atoms with Gasteiger partial charge in [-0.3, -0.25) is 9.10 Å². The number of rotatable bonds is 6. The fraction of sp³-hybridized carbons (Fsp3) is 0.296. The van der Waals surface area contributed by atoms with E-state index >= 15 is 0 Å². The Kier molecular flexibility index (Phi) is 6.56. The lowest BCUT2D eigenvalue weighted by Crippen LogP contribution is -2.28. The molecule has 0 bridgehead atoms. The summed E-state index contributed by atoms with van der Waals surface area (Å²) in [6, 6.07) is 19.8. The van der Waals surface area contributed by atoms with Crippen molar-refractivity contribution >= 4 is 21.6 Å². The van der Waals surface area contributed by atoms with Crippen LogP contribution in [-0.2, 0) is 22.9 Å². The number of carbonyl (C=O) groups is 1. The van der Waals surface area contributed by atoms with Crippen LogP contribution in [0.25, 0.3) is 0 Å². The van der Waals surface area contributed by atoms with Gasteiger partial charge in [-0.25, -0.2) is 8.42 Å². The lowest BCUT2D eigenvalue weighted by Gasteiger charge is -2.21. The number of sulfonamides is 1. The molecule has 0 saturated carbocycles. The molecule has 0 spiro atoms. The van der Waals surface area contributed by atoms with Gasteiger partial charge in [0.1, 0.15) is 0 Å². The Balaban J connectivity index is 1.51. The topological polar surface area (TPSA) is 66.5 Å². The largest absolute Gasteiger partial charge is 0.346 e.